The number of aryl methyl sites for hydroxylation is 1. The molecule has 112 valence electrons. The molecule has 0 bridgehead atoms. The molecule has 2 N–H and O–H groups in total. The van der Waals surface area contributed by atoms with Gasteiger partial charge in [0, 0.05) is 16.6 Å². The summed E-state index contributed by atoms with van der Waals surface area (Å²) in [6, 6.07) is 15.9. The number of amides is 1. The predicted molar refractivity (Wildman–Crippen MR) is 91.5 cm³/mol. The minimum absolute atomic E-state index is 0.109. The number of fused-ring (bicyclic) bond motifs is 1. The number of aromatic nitrogens is 1. The van der Waals surface area contributed by atoms with Crippen LogP contribution in [0.3, 0.4) is 0 Å². The number of aromatic amines is 1. The van der Waals surface area contributed by atoms with E-state index in [1.54, 1.807) is 0 Å². The van der Waals surface area contributed by atoms with Gasteiger partial charge in [-0.1, -0.05) is 43.7 Å². The van der Waals surface area contributed by atoms with Crippen molar-refractivity contribution in [2.24, 2.45) is 0 Å². The van der Waals surface area contributed by atoms with E-state index in [-0.39, 0.29) is 5.91 Å². The maximum absolute atomic E-state index is 12.5. The summed E-state index contributed by atoms with van der Waals surface area (Å²) in [6.45, 7) is 6.29. The third-order valence-electron chi connectivity index (χ3n) is 3.85. The van der Waals surface area contributed by atoms with E-state index in [1.165, 1.54) is 5.56 Å². The van der Waals surface area contributed by atoms with Crippen LogP contribution in [-0.2, 0) is 0 Å². The molecular weight excluding hydrogens is 272 g/mol. The van der Waals surface area contributed by atoms with Crippen molar-refractivity contribution in [2.45, 2.75) is 26.7 Å². The lowest BCUT2D eigenvalue weighted by molar-refractivity contribution is 0.102. The normalized spacial score (nSPS) is 11.1. The second-order valence-corrected chi connectivity index (χ2v) is 5.97. The molecule has 2 aromatic carbocycles. The van der Waals surface area contributed by atoms with Gasteiger partial charge in [0.05, 0.1) is 0 Å². The highest BCUT2D eigenvalue weighted by atomic mass is 16.1. The van der Waals surface area contributed by atoms with E-state index in [0.717, 1.165) is 22.2 Å². The number of H-pyrrole nitrogens is 1. The number of carbonyl (C=O) groups is 1. The largest absolute Gasteiger partial charge is 0.351 e. The fourth-order valence-corrected chi connectivity index (χ4v) is 2.68. The van der Waals surface area contributed by atoms with Crippen molar-refractivity contribution in [3.8, 4) is 0 Å². The maximum atomic E-state index is 12.5. The highest BCUT2D eigenvalue weighted by Crippen LogP contribution is 2.24. The summed E-state index contributed by atoms with van der Waals surface area (Å²) in [7, 11) is 0. The van der Waals surface area contributed by atoms with Gasteiger partial charge < -0.3 is 10.3 Å². The van der Waals surface area contributed by atoms with Crippen molar-refractivity contribution in [1.29, 1.82) is 0 Å². The van der Waals surface area contributed by atoms with Crippen LogP contribution in [-0.4, -0.2) is 10.9 Å². The molecule has 22 heavy (non-hydrogen) atoms. The van der Waals surface area contributed by atoms with Gasteiger partial charge in [-0.05, 0) is 42.7 Å². The van der Waals surface area contributed by atoms with E-state index in [9.17, 15) is 4.79 Å². The van der Waals surface area contributed by atoms with Crippen LogP contribution in [0.2, 0.25) is 0 Å². The van der Waals surface area contributed by atoms with E-state index >= 15 is 0 Å². The fourth-order valence-electron chi connectivity index (χ4n) is 2.68. The zero-order chi connectivity index (χ0) is 15.7. The molecule has 3 heteroatoms. The highest BCUT2D eigenvalue weighted by Gasteiger charge is 2.13. The number of carbonyl (C=O) groups excluding carboxylic acids is 1. The van der Waals surface area contributed by atoms with Crippen molar-refractivity contribution in [3.63, 3.8) is 0 Å². The highest BCUT2D eigenvalue weighted by molar-refractivity contribution is 6.06. The van der Waals surface area contributed by atoms with Crippen LogP contribution in [0.4, 0.5) is 5.69 Å². The first-order valence-corrected chi connectivity index (χ1v) is 7.54. The Balaban J connectivity index is 1.90. The molecule has 3 rings (SSSR count). The Morgan fingerprint density at radius 1 is 1.09 bits per heavy atom. The Morgan fingerprint density at radius 2 is 1.86 bits per heavy atom. The van der Waals surface area contributed by atoms with Crippen LogP contribution in [0.25, 0.3) is 10.9 Å². The van der Waals surface area contributed by atoms with E-state index < -0.39 is 0 Å². The van der Waals surface area contributed by atoms with Crippen LogP contribution >= 0.6 is 0 Å². The quantitative estimate of drug-likeness (QED) is 0.712. The van der Waals surface area contributed by atoms with Crippen LogP contribution in [0.5, 0.6) is 0 Å². The minimum atomic E-state index is -0.109. The van der Waals surface area contributed by atoms with Crippen molar-refractivity contribution >= 4 is 22.5 Å². The summed E-state index contributed by atoms with van der Waals surface area (Å²) in [5.74, 6) is 0.254. The van der Waals surface area contributed by atoms with Crippen molar-refractivity contribution in [2.75, 3.05) is 5.32 Å². The summed E-state index contributed by atoms with van der Waals surface area (Å²) in [6.07, 6.45) is 0. The first kappa shape index (κ1) is 14.4. The number of hydrogen-bond acceptors (Lipinski definition) is 1. The Labute approximate surface area is 130 Å². The molecule has 0 fully saturated rings. The van der Waals surface area contributed by atoms with Crippen molar-refractivity contribution in [1.82, 2.24) is 4.98 Å². The molecule has 0 radical (unpaired) electrons. The van der Waals surface area contributed by atoms with E-state index in [2.05, 4.69) is 36.3 Å². The van der Waals surface area contributed by atoms with Gasteiger partial charge in [-0.15, -0.1) is 0 Å². The molecule has 3 aromatic rings. The first-order chi connectivity index (χ1) is 10.5. The number of para-hydroxylation sites is 1. The number of anilines is 1. The van der Waals surface area contributed by atoms with Gasteiger partial charge in [0.2, 0.25) is 0 Å². The average Bonchev–Trinajstić information content (AvgIpc) is 2.90. The summed E-state index contributed by atoms with van der Waals surface area (Å²) in [5, 5.41) is 4.07. The van der Waals surface area contributed by atoms with Gasteiger partial charge in [0.25, 0.3) is 5.91 Å². The number of nitrogens with one attached hydrogen (secondary N) is 2. The SMILES string of the molecule is Cc1ccc2[nH]c(C(=O)Nc3ccccc3C(C)C)cc2c1. The zero-order valence-corrected chi connectivity index (χ0v) is 13.1. The fraction of sp³-hybridized carbons (Fsp3) is 0.211. The molecule has 3 nitrogen and oxygen atoms in total. The molecule has 0 unspecified atom stereocenters. The van der Waals surface area contributed by atoms with Gasteiger partial charge in [-0.3, -0.25) is 4.79 Å². The van der Waals surface area contributed by atoms with Crippen LogP contribution in [0, 0.1) is 6.92 Å². The van der Waals surface area contributed by atoms with E-state index in [1.807, 2.05) is 43.3 Å². The Hall–Kier alpha value is -2.55. The number of benzene rings is 2. The Kier molecular flexibility index (Phi) is 3.72. The summed E-state index contributed by atoms with van der Waals surface area (Å²) in [5.41, 5.74) is 4.76. The lowest BCUT2D eigenvalue weighted by Gasteiger charge is -2.13. The number of rotatable bonds is 3. The molecule has 1 amide bonds. The molecule has 0 saturated carbocycles. The van der Waals surface area contributed by atoms with Gasteiger partial charge in [-0.25, -0.2) is 0 Å². The van der Waals surface area contributed by atoms with Gasteiger partial charge >= 0.3 is 0 Å². The molecule has 0 spiro atoms. The molecule has 0 atom stereocenters. The summed E-state index contributed by atoms with van der Waals surface area (Å²) >= 11 is 0. The van der Waals surface area contributed by atoms with Crippen LogP contribution in [0.15, 0.2) is 48.5 Å². The van der Waals surface area contributed by atoms with Crippen LogP contribution < -0.4 is 5.32 Å². The average molecular weight is 292 g/mol. The molecule has 0 aliphatic carbocycles. The molecule has 0 aliphatic heterocycles. The predicted octanol–water partition coefficient (Wildman–Crippen LogP) is 4.85. The minimum Gasteiger partial charge on any atom is -0.351 e. The Morgan fingerprint density at radius 3 is 2.64 bits per heavy atom. The molecular formula is C19H20N2O. The molecule has 0 aliphatic rings. The van der Waals surface area contributed by atoms with Crippen LogP contribution in [0.1, 0.15) is 41.4 Å². The van der Waals surface area contributed by atoms with Gasteiger partial charge in [0.1, 0.15) is 5.69 Å². The second-order valence-electron chi connectivity index (χ2n) is 5.97. The van der Waals surface area contributed by atoms with E-state index in [0.29, 0.717) is 11.6 Å². The summed E-state index contributed by atoms with van der Waals surface area (Å²) < 4.78 is 0. The standard InChI is InChI=1S/C19H20N2O/c1-12(2)15-6-4-5-7-17(15)21-19(22)18-11-14-10-13(3)8-9-16(14)20-18/h4-12,20H,1-3H3,(H,21,22). The smallest absolute Gasteiger partial charge is 0.272 e. The van der Waals surface area contributed by atoms with E-state index in [4.69, 9.17) is 0 Å². The van der Waals surface area contributed by atoms with Gasteiger partial charge in [0.15, 0.2) is 0 Å². The molecule has 1 heterocycles. The third-order valence-corrected chi connectivity index (χ3v) is 3.85. The monoisotopic (exact) mass is 292 g/mol. The third kappa shape index (κ3) is 2.75. The lowest BCUT2D eigenvalue weighted by Crippen LogP contribution is -2.13. The van der Waals surface area contributed by atoms with Crippen molar-refractivity contribution in [3.05, 3.63) is 65.4 Å². The summed E-state index contributed by atoms with van der Waals surface area (Å²) in [4.78, 5) is 15.7. The second kappa shape index (κ2) is 5.68. The topological polar surface area (TPSA) is 44.9 Å². The molecule has 1 aromatic heterocycles. The first-order valence-electron chi connectivity index (χ1n) is 7.54. The number of hydrogen-bond donors (Lipinski definition) is 2. The van der Waals surface area contributed by atoms with Crippen molar-refractivity contribution < 1.29 is 4.79 Å². The Bertz CT molecular complexity index is 830. The van der Waals surface area contributed by atoms with Gasteiger partial charge in [-0.2, -0.15) is 0 Å². The molecule has 0 saturated heterocycles. The lowest BCUT2D eigenvalue weighted by atomic mass is 10.0. The zero-order valence-electron chi connectivity index (χ0n) is 13.1. The maximum Gasteiger partial charge on any atom is 0.272 e.